The summed E-state index contributed by atoms with van der Waals surface area (Å²) in [5, 5.41) is 1.27. The quantitative estimate of drug-likeness (QED) is 0.439. The summed E-state index contributed by atoms with van der Waals surface area (Å²) >= 11 is 0. The number of hydroxylamine groups is 2. The molecule has 0 aromatic carbocycles. The maximum Gasteiger partial charge on any atom is 0.249 e. The highest BCUT2D eigenvalue weighted by molar-refractivity contribution is 5.79. The molecule has 11 heavy (non-hydrogen) atoms. The third kappa shape index (κ3) is 1.60. The van der Waals surface area contributed by atoms with E-state index in [4.69, 9.17) is 4.84 Å². The second-order valence-corrected chi connectivity index (χ2v) is 2.87. The molecule has 3 nitrogen and oxygen atoms in total. The summed E-state index contributed by atoms with van der Waals surface area (Å²) in [5.41, 5.74) is 1.16. The first-order valence-electron chi connectivity index (χ1n) is 3.63. The predicted octanol–water partition coefficient (Wildman–Crippen LogP) is 0.972. The molecule has 0 aliphatic heterocycles. The van der Waals surface area contributed by atoms with Gasteiger partial charge in [-0.3, -0.25) is 9.63 Å². The monoisotopic (exact) mass is 155 g/mol. The number of nitrogens with zero attached hydrogens (tertiary/aromatic N) is 1. The van der Waals surface area contributed by atoms with Crippen LogP contribution in [0.25, 0.3) is 0 Å². The topological polar surface area (TPSA) is 29.5 Å². The Kier molecular flexibility index (Phi) is 2.29. The van der Waals surface area contributed by atoms with Crippen molar-refractivity contribution >= 4 is 5.91 Å². The molecule has 1 aliphatic carbocycles. The molecule has 0 spiro atoms. The molecule has 0 radical (unpaired) electrons. The fraction of sp³-hybridized carbons (Fsp3) is 0.625. The molecule has 1 rings (SSSR count). The summed E-state index contributed by atoms with van der Waals surface area (Å²) in [6, 6.07) is 0. The highest BCUT2D eigenvalue weighted by Crippen LogP contribution is 2.32. The zero-order valence-corrected chi connectivity index (χ0v) is 6.96. The molecule has 0 aromatic heterocycles. The summed E-state index contributed by atoms with van der Waals surface area (Å²) < 4.78 is 0. The summed E-state index contributed by atoms with van der Waals surface area (Å²) in [7, 11) is 3.12. The van der Waals surface area contributed by atoms with Gasteiger partial charge < -0.3 is 0 Å². The van der Waals surface area contributed by atoms with E-state index in [-0.39, 0.29) is 11.8 Å². The molecule has 3 heteroatoms. The number of amides is 1. The van der Waals surface area contributed by atoms with E-state index in [1.165, 1.54) is 12.2 Å². The minimum Gasteiger partial charge on any atom is -0.275 e. The molecule has 0 atom stereocenters. The summed E-state index contributed by atoms with van der Waals surface area (Å²) in [6.07, 6.45) is 1.65. The van der Waals surface area contributed by atoms with Crippen molar-refractivity contribution in [3.05, 3.63) is 12.2 Å². The van der Waals surface area contributed by atoms with Crippen LogP contribution in [0.4, 0.5) is 0 Å². The number of hydrogen-bond donors (Lipinski definition) is 0. The predicted molar refractivity (Wildman–Crippen MR) is 41.6 cm³/mol. The van der Waals surface area contributed by atoms with Crippen molar-refractivity contribution in [1.29, 1.82) is 0 Å². The molecule has 0 aromatic rings. The standard InChI is InChI=1S/C8H13NO2/c1-6-4-7(5-6)8(10)9(2)11-3/h7H,1,4-5H2,2-3H3. The third-order valence-corrected chi connectivity index (χ3v) is 2.00. The molecule has 0 N–H and O–H groups in total. The molecular formula is C8H13NO2. The second-order valence-electron chi connectivity index (χ2n) is 2.87. The van der Waals surface area contributed by atoms with Gasteiger partial charge >= 0.3 is 0 Å². The van der Waals surface area contributed by atoms with Gasteiger partial charge in [-0.1, -0.05) is 12.2 Å². The molecular weight excluding hydrogens is 142 g/mol. The zero-order chi connectivity index (χ0) is 8.43. The van der Waals surface area contributed by atoms with Crippen LogP contribution in [-0.2, 0) is 9.63 Å². The molecule has 1 amide bonds. The first-order chi connectivity index (χ1) is 5.15. The van der Waals surface area contributed by atoms with Gasteiger partial charge in [-0.05, 0) is 12.8 Å². The molecule has 0 bridgehead atoms. The molecule has 1 aliphatic rings. The molecule has 1 saturated carbocycles. The van der Waals surface area contributed by atoms with Gasteiger partial charge in [0.25, 0.3) is 0 Å². The Hall–Kier alpha value is -0.830. The van der Waals surface area contributed by atoms with Gasteiger partial charge in [0, 0.05) is 13.0 Å². The Morgan fingerprint density at radius 1 is 1.73 bits per heavy atom. The Balaban J connectivity index is 2.37. The molecule has 62 valence electrons. The number of allylic oxidation sites excluding steroid dienone is 1. The first kappa shape index (κ1) is 8.27. The Morgan fingerprint density at radius 2 is 2.27 bits per heavy atom. The van der Waals surface area contributed by atoms with E-state index in [2.05, 4.69) is 6.58 Å². The number of rotatable bonds is 2. The average molecular weight is 155 g/mol. The van der Waals surface area contributed by atoms with Gasteiger partial charge in [-0.2, -0.15) is 0 Å². The van der Waals surface area contributed by atoms with E-state index in [9.17, 15) is 4.79 Å². The lowest BCUT2D eigenvalue weighted by Gasteiger charge is -2.29. The summed E-state index contributed by atoms with van der Waals surface area (Å²) in [4.78, 5) is 16.0. The van der Waals surface area contributed by atoms with Crippen molar-refractivity contribution in [2.24, 2.45) is 5.92 Å². The maximum absolute atomic E-state index is 11.3. The van der Waals surface area contributed by atoms with E-state index in [1.807, 2.05) is 0 Å². The minimum absolute atomic E-state index is 0.0555. The average Bonchev–Trinajstić information content (AvgIpc) is 1.96. The van der Waals surface area contributed by atoms with E-state index in [0.29, 0.717) is 0 Å². The normalized spacial score (nSPS) is 17.8. The van der Waals surface area contributed by atoms with Crippen molar-refractivity contribution in [1.82, 2.24) is 5.06 Å². The second kappa shape index (κ2) is 3.05. The van der Waals surface area contributed by atoms with Gasteiger partial charge in [0.15, 0.2) is 0 Å². The Bertz CT molecular complexity index is 181. The molecule has 0 heterocycles. The first-order valence-corrected chi connectivity index (χ1v) is 3.63. The van der Waals surface area contributed by atoms with Crippen molar-refractivity contribution in [2.75, 3.05) is 14.2 Å². The number of hydrogen-bond acceptors (Lipinski definition) is 2. The Labute approximate surface area is 66.6 Å². The van der Waals surface area contributed by atoms with Gasteiger partial charge in [-0.25, -0.2) is 5.06 Å². The largest absolute Gasteiger partial charge is 0.275 e. The Morgan fingerprint density at radius 3 is 2.64 bits per heavy atom. The fourth-order valence-corrected chi connectivity index (χ4v) is 1.16. The molecule has 0 saturated heterocycles. The van der Waals surface area contributed by atoms with Crippen LogP contribution in [-0.4, -0.2) is 25.1 Å². The van der Waals surface area contributed by atoms with Gasteiger partial charge in [-0.15, -0.1) is 0 Å². The van der Waals surface area contributed by atoms with E-state index in [0.717, 1.165) is 18.4 Å². The van der Waals surface area contributed by atoms with Crippen LogP contribution in [0.3, 0.4) is 0 Å². The fourth-order valence-electron chi connectivity index (χ4n) is 1.16. The summed E-state index contributed by atoms with van der Waals surface area (Å²) in [5.74, 6) is 0.173. The van der Waals surface area contributed by atoms with Gasteiger partial charge in [0.1, 0.15) is 0 Å². The van der Waals surface area contributed by atoms with E-state index in [1.54, 1.807) is 7.05 Å². The van der Waals surface area contributed by atoms with E-state index >= 15 is 0 Å². The highest BCUT2D eigenvalue weighted by Gasteiger charge is 2.30. The van der Waals surface area contributed by atoms with Crippen molar-refractivity contribution < 1.29 is 9.63 Å². The van der Waals surface area contributed by atoms with Crippen LogP contribution in [0.2, 0.25) is 0 Å². The van der Waals surface area contributed by atoms with Crippen molar-refractivity contribution in [2.45, 2.75) is 12.8 Å². The van der Waals surface area contributed by atoms with Crippen molar-refractivity contribution in [3.8, 4) is 0 Å². The molecule has 1 fully saturated rings. The minimum atomic E-state index is 0.0555. The van der Waals surface area contributed by atoms with Crippen LogP contribution in [0.1, 0.15) is 12.8 Å². The number of carbonyl (C=O) groups is 1. The van der Waals surface area contributed by atoms with Gasteiger partial charge in [0.2, 0.25) is 5.91 Å². The third-order valence-electron chi connectivity index (χ3n) is 2.00. The summed E-state index contributed by atoms with van der Waals surface area (Å²) in [6.45, 7) is 3.77. The highest BCUT2D eigenvalue weighted by atomic mass is 16.7. The van der Waals surface area contributed by atoms with Crippen molar-refractivity contribution in [3.63, 3.8) is 0 Å². The van der Waals surface area contributed by atoms with Crippen LogP contribution < -0.4 is 0 Å². The lowest BCUT2D eigenvalue weighted by molar-refractivity contribution is -0.174. The lowest BCUT2D eigenvalue weighted by atomic mass is 9.80. The van der Waals surface area contributed by atoms with Crippen LogP contribution in [0.5, 0.6) is 0 Å². The lowest BCUT2D eigenvalue weighted by Crippen LogP contribution is -2.36. The van der Waals surface area contributed by atoms with E-state index < -0.39 is 0 Å². The maximum atomic E-state index is 11.3. The SMILES string of the molecule is C=C1CC(C(=O)N(C)OC)C1. The van der Waals surface area contributed by atoms with Crippen LogP contribution in [0, 0.1) is 5.92 Å². The van der Waals surface area contributed by atoms with Crippen LogP contribution >= 0.6 is 0 Å². The smallest absolute Gasteiger partial charge is 0.249 e. The zero-order valence-electron chi connectivity index (χ0n) is 6.96. The molecule has 0 unspecified atom stereocenters. The van der Waals surface area contributed by atoms with Gasteiger partial charge in [0.05, 0.1) is 7.11 Å². The number of carbonyl (C=O) groups excluding carboxylic acids is 1. The van der Waals surface area contributed by atoms with Crippen LogP contribution in [0.15, 0.2) is 12.2 Å².